The summed E-state index contributed by atoms with van der Waals surface area (Å²) in [5.74, 6) is 0.707. The summed E-state index contributed by atoms with van der Waals surface area (Å²) in [5, 5.41) is 3.91. The first kappa shape index (κ1) is 23.9. The molecule has 0 unspecified atom stereocenters. The van der Waals surface area contributed by atoms with E-state index in [1.165, 1.54) is 25.9 Å². The van der Waals surface area contributed by atoms with E-state index in [1.807, 2.05) is 36.4 Å². The van der Waals surface area contributed by atoms with Crippen LogP contribution in [-0.2, 0) is 26.4 Å². The molecule has 3 aromatic rings. The van der Waals surface area contributed by atoms with Crippen molar-refractivity contribution < 1.29 is 33.7 Å². The molecule has 0 spiro atoms. The first-order chi connectivity index (χ1) is 12.6. The normalized spacial score (nSPS) is 12.3. The molecular formula is C22H27N2O3Os. The molecule has 1 fully saturated rings. The van der Waals surface area contributed by atoms with Crippen LogP contribution in [0.5, 0.6) is 5.75 Å². The zero-order chi connectivity index (χ0) is 18.4. The van der Waals surface area contributed by atoms with Gasteiger partial charge in [0.05, 0.1) is 5.56 Å². The van der Waals surface area contributed by atoms with Crippen LogP contribution in [0.1, 0.15) is 34.5 Å². The van der Waals surface area contributed by atoms with Gasteiger partial charge in [0.25, 0.3) is 5.91 Å². The number of carbonyl (C=O) groups excluding carboxylic acids is 1. The van der Waals surface area contributed by atoms with Crippen molar-refractivity contribution in [1.29, 1.82) is 0 Å². The standard InChI is InChI=1S/C17H15NO3.C4H9N.CH3.Os/c1-11-16(17(18)19)14-9-13(7-8-15(14)21-11)20-10-12-5-3-2-4-6-12;1-2-4-5-3-1;;/h2-9H,10H2,1H3,(H2,18,19);5H,1-4H2;1H3;/q;;-1;+1. The third-order valence-electron chi connectivity index (χ3n) is 4.29. The first-order valence-electron chi connectivity index (χ1n) is 8.85. The van der Waals surface area contributed by atoms with Crippen molar-refractivity contribution in [3.05, 3.63) is 72.8 Å². The number of rotatable bonds is 4. The average molecular weight is 558 g/mol. The quantitative estimate of drug-likeness (QED) is 0.471. The van der Waals surface area contributed by atoms with E-state index in [9.17, 15) is 4.79 Å². The van der Waals surface area contributed by atoms with E-state index in [2.05, 4.69) is 5.32 Å². The number of furan rings is 1. The van der Waals surface area contributed by atoms with Gasteiger partial charge in [-0.25, -0.2) is 0 Å². The maximum atomic E-state index is 11.5. The van der Waals surface area contributed by atoms with E-state index in [0.717, 1.165) is 5.56 Å². The second-order valence-corrected chi connectivity index (χ2v) is 6.29. The van der Waals surface area contributed by atoms with Gasteiger partial charge in [-0.15, -0.1) is 0 Å². The molecule has 2 aromatic carbocycles. The Morgan fingerprint density at radius 2 is 1.82 bits per heavy atom. The zero-order valence-corrected chi connectivity index (χ0v) is 18.9. The summed E-state index contributed by atoms with van der Waals surface area (Å²) in [6.45, 7) is 4.69. The summed E-state index contributed by atoms with van der Waals surface area (Å²) in [5.41, 5.74) is 7.53. The van der Waals surface area contributed by atoms with Crippen LogP contribution >= 0.6 is 0 Å². The number of hydrogen-bond donors (Lipinski definition) is 2. The summed E-state index contributed by atoms with van der Waals surface area (Å²) < 4.78 is 11.3. The van der Waals surface area contributed by atoms with Gasteiger partial charge in [0, 0.05) is 5.39 Å². The van der Waals surface area contributed by atoms with Crippen molar-refractivity contribution in [2.24, 2.45) is 5.73 Å². The van der Waals surface area contributed by atoms with Crippen LogP contribution in [0.4, 0.5) is 0 Å². The topological polar surface area (TPSA) is 77.5 Å². The number of carbonyl (C=O) groups is 1. The monoisotopic (exact) mass is 559 g/mol. The fraction of sp³-hybridized carbons (Fsp3) is 0.273. The van der Waals surface area contributed by atoms with E-state index in [1.54, 1.807) is 19.1 Å². The molecule has 4 rings (SSSR count). The van der Waals surface area contributed by atoms with Gasteiger partial charge in [0.2, 0.25) is 0 Å². The predicted molar refractivity (Wildman–Crippen MR) is 109 cm³/mol. The van der Waals surface area contributed by atoms with Gasteiger partial charge in [0.1, 0.15) is 23.7 Å². The van der Waals surface area contributed by atoms with Crippen LogP contribution in [0.15, 0.2) is 52.9 Å². The van der Waals surface area contributed by atoms with E-state index < -0.39 is 5.91 Å². The van der Waals surface area contributed by atoms with E-state index >= 15 is 0 Å². The fourth-order valence-corrected chi connectivity index (χ4v) is 2.96. The van der Waals surface area contributed by atoms with Gasteiger partial charge < -0.3 is 27.6 Å². The summed E-state index contributed by atoms with van der Waals surface area (Å²) in [7, 11) is 0. The van der Waals surface area contributed by atoms with Crippen LogP contribution in [0.2, 0.25) is 0 Å². The predicted octanol–water partition coefficient (Wildman–Crippen LogP) is 4.24. The molecule has 1 aliphatic rings. The minimum absolute atomic E-state index is 0. The number of primary amides is 1. The molecule has 1 amide bonds. The van der Waals surface area contributed by atoms with Gasteiger partial charge in [0.15, 0.2) is 0 Å². The Hall–Kier alpha value is -2.15. The van der Waals surface area contributed by atoms with Crippen molar-refractivity contribution in [1.82, 2.24) is 5.32 Å². The summed E-state index contributed by atoms with van der Waals surface area (Å²) in [4.78, 5) is 11.5. The van der Waals surface area contributed by atoms with Crippen molar-refractivity contribution in [3.8, 4) is 5.75 Å². The zero-order valence-electron chi connectivity index (χ0n) is 16.3. The maximum absolute atomic E-state index is 11.5. The van der Waals surface area contributed by atoms with Crippen LogP contribution in [-0.4, -0.2) is 19.0 Å². The molecule has 3 N–H and O–H groups in total. The molecule has 2 heterocycles. The molecule has 1 radical (unpaired) electrons. The van der Waals surface area contributed by atoms with Crippen LogP contribution in [0, 0.1) is 14.4 Å². The number of amides is 1. The Morgan fingerprint density at radius 1 is 1.14 bits per heavy atom. The summed E-state index contributed by atoms with van der Waals surface area (Å²) >= 11 is 0. The Morgan fingerprint density at radius 3 is 2.39 bits per heavy atom. The number of nitrogens with one attached hydrogen (secondary N) is 1. The van der Waals surface area contributed by atoms with Crippen LogP contribution < -0.4 is 15.8 Å². The SMILES string of the molecule is C1CCNC1.Cc1oc2ccc(OCc3ccccc3)cc2c1C(N)=O.[CH3-].[Os+]. The first-order valence-corrected chi connectivity index (χ1v) is 8.85. The number of fused-ring (bicyclic) bond motifs is 1. The largest absolute Gasteiger partial charge is 1.00 e. The second kappa shape index (κ2) is 11.6. The number of aryl methyl sites for hydroxylation is 1. The minimum atomic E-state index is -0.494. The van der Waals surface area contributed by atoms with Gasteiger partial charge >= 0.3 is 19.8 Å². The molecule has 0 saturated carbocycles. The molecule has 1 saturated heterocycles. The van der Waals surface area contributed by atoms with E-state index in [4.69, 9.17) is 14.9 Å². The van der Waals surface area contributed by atoms with Gasteiger partial charge in [-0.05, 0) is 56.6 Å². The third-order valence-corrected chi connectivity index (χ3v) is 4.29. The molecular weight excluding hydrogens is 530 g/mol. The van der Waals surface area contributed by atoms with E-state index in [-0.39, 0.29) is 27.2 Å². The van der Waals surface area contributed by atoms with Crippen molar-refractivity contribution in [3.63, 3.8) is 0 Å². The molecule has 0 atom stereocenters. The van der Waals surface area contributed by atoms with Crippen LogP contribution in [0.3, 0.4) is 0 Å². The number of ether oxygens (including phenoxy) is 1. The molecule has 1 aliphatic heterocycles. The molecule has 0 aliphatic carbocycles. The maximum Gasteiger partial charge on any atom is 1.00 e. The van der Waals surface area contributed by atoms with Crippen LogP contribution in [0.25, 0.3) is 11.0 Å². The number of benzene rings is 2. The Bertz CT molecular complexity index is 867. The Kier molecular flexibility index (Phi) is 9.93. The molecule has 6 heteroatoms. The summed E-state index contributed by atoms with van der Waals surface area (Å²) in [6.07, 6.45) is 2.78. The van der Waals surface area contributed by atoms with Gasteiger partial charge in [-0.3, -0.25) is 4.79 Å². The summed E-state index contributed by atoms with van der Waals surface area (Å²) in [6, 6.07) is 15.3. The Balaban J connectivity index is 0.000000490. The third kappa shape index (κ3) is 6.19. The number of hydrogen-bond acceptors (Lipinski definition) is 4. The van der Waals surface area contributed by atoms with Crippen molar-refractivity contribution in [2.45, 2.75) is 26.4 Å². The smallest absolute Gasteiger partial charge is 0.489 e. The molecule has 151 valence electrons. The molecule has 0 bridgehead atoms. The average Bonchev–Trinajstić information content (AvgIpc) is 3.31. The van der Waals surface area contributed by atoms with Gasteiger partial charge in [-0.2, -0.15) is 0 Å². The minimum Gasteiger partial charge on any atom is -0.489 e. The number of nitrogens with two attached hydrogens (primary N) is 1. The Labute approximate surface area is 179 Å². The molecule has 1 aromatic heterocycles. The van der Waals surface area contributed by atoms with Crippen molar-refractivity contribution >= 4 is 16.9 Å². The molecule has 5 nitrogen and oxygen atoms in total. The van der Waals surface area contributed by atoms with E-state index in [0.29, 0.717) is 34.6 Å². The van der Waals surface area contributed by atoms with Gasteiger partial charge in [-0.1, -0.05) is 30.3 Å². The molecule has 28 heavy (non-hydrogen) atoms. The second-order valence-electron chi connectivity index (χ2n) is 6.29. The fourth-order valence-electron chi connectivity index (χ4n) is 2.96. The van der Waals surface area contributed by atoms with Crippen molar-refractivity contribution in [2.75, 3.05) is 13.1 Å².